The molecule has 1 heterocycles. The van der Waals surface area contributed by atoms with Crippen LogP contribution in [-0.4, -0.2) is 15.9 Å². The predicted octanol–water partition coefficient (Wildman–Crippen LogP) is 4.41. The number of carbonyl (C=O) groups excluding carboxylic acids is 1. The maximum Gasteiger partial charge on any atom is 0.263 e. The van der Waals surface area contributed by atoms with Crippen LogP contribution in [0.3, 0.4) is 0 Å². The van der Waals surface area contributed by atoms with E-state index >= 15 is 0 Å². The van der Waals surface area contributed by atoms with Crippen molar-refractivity contribution in [3.63, 3.8) is 0 Å². The Hall–Kier alpha value is -3.35. The van der Waals surface area contributed by atoms with Gasteiger partial charge in [-0.25, -0.2) is 18.7 Å². The number of nitrogens with zero attached hydrogens (tertiary/aromatic N) is 2. The first-order chi connectivity index (χ1) is 12.1. The van der Waals surface area contributed by atoms with E-state index < -0.39 is 12.3 Å². The van der Waals surface area contributed by atoms with E-state index in [4.69, 9.17) is 0 Å². The summed E-state index contributed by atoms with van der Waals surface area (Å²) in [4.78, 5) is 20.3. The van der Waals surface area contributed by atoms with Crippen molar-refractivity contribution < 1.29 is 13.6 Å². The summed E-state index contributed by atoms with van der Waals surface area (Å²) in [7, 11) is 0. The van der Waals surface area contributed by atoms with E-state index in [1.807, 2.05) is 0 Å². The highest BCUT2D eigenvalue weighted by atomic mass is 19.3. The van der Waals surface area contributed by atoms with Crippen molar-refractivity contribution in [1.29, 1.82) is 0 Å². The fraction of sp³-hybridized carbons (Fsp3) is 0.0556. The molecule has 2 N–H and O–H groups in total. The molecular formula is C18H14F2N4O. The lowest BCUT2D eigenvalue weighted by molar-refractivity contribution is 0.102. The first-order valence-electron chi connectivity index (χ1n) is 7.45. The molecule has 0 bridgehead atoms. The topological polar surface area (TPSA) is 66.9 Å². The lowest BCUT2D eigenvalue weighted by atomic mass is 10.1. The Morgan fingerprint density at radius 3 is 2.28 bits per heavy atom. The molecule has 0 spiro atoms. The van der Waals surface area contributed by atoms with Crippen LogP contribution in [-0.2, 0) is 0 Å². The Morgan fingerprint density at radius 1 is 0.920 bits per heavy atom. The van der Waals surface area contributed by atoms with E-state index in [-0.39, 0.29) is 11.1 Å². The first-order valence-corrected chi connectivity index (χ1v) is 7.45. The zero-order chi connectivity index (χ0) is 17.6. The van der Waals surface area contributed by atoms with Gasteiger partial charge in [-0.3, -0.25) is 4.79 Å². The molecule has 0 aliphatic carbocycles. The van der Waals surface area contributed by atoms with Crippen molar-refractivity contribution in [2.75, 3.05) is 10.6 Å². The summed E-state index contributed by atoms with van der Waals surface area (Å²) >= 11 is 0. The number of carbonyl (C=O) groups is 1. The number of hydrogen-bond donors (Lipinski definition) is 2. The van der Waals surface area contributed by atoms with Crippen LogP contribution < -0.4 is 10.6 Å². The van der Waals surface area contributed by atoms with Crippen molar-refractivity contribution in [1.82, 2.24) is 9.97 Å². The SMILES string of the molecule is O=C(Nc1ccc(Nc2ncccn2)cc1)c1cccc(C(F)F)c1. The van der Waals surface area contributed by atoms with Crippen LogP contribution in [0.4, 0.5) is 26.1 Å². The third-order valence-electron chi connectivity index (χ3n) is 3.37. The second-order valence-corrected chi connectivity index (χ2v) is 5.16. The predicted molar refractivity (Wildman–Crippen MR) is 91.1 cm³/mol. The highest BCUT2D eigenvalue weighted by Gasteiger charge is 2.11. The molecule has 3 aromatic rings. The van der Waals surface area contributed by atoms with Gasteiger partial charge in [0.25, 0.3) is 12.3 Å². The number of benzene rings is 2. The summed E-state index contributed by atoms with van der Waals surface area (Å²) in [5, 5.41) is 5.69. The van der Waals surface area contributed by atoms with Crippen molar-refractivity contribution in [3.05, 3.63) is 78.1 Å². The summed E-state index contributed by atoms with van der Waals surface area (Å²) in [6, 6.07) is 14.0. The average Bonchev–Trinajstić information content (AvgIpc) is 2.64. The minimum Gasteiger partial charge on any atom is -0.324 e. The van der Waals surface area contributed by atoms with E-state index in [9.17, 15) is 13.6 Å². The van der Waals surface area contributed by atoms with E-state index in [2.05, 4.69) is 20.6 Å². The normalized spacial score (nSPS) is 10.5. The molecule has 0 aliphatic rings. The van der Waals surface area contributed by atoms with Crippen LogP contribution in [0.25, 0.3) is 0 Å². The van der Waals surface area contributed by atoms with E-state index in [1.54, 1.807) is 42.7 Å². The fourth-order valence-corrected chi connectivity index (χ4v) is 2.15. The number of anilines is 3. The van der Waals surface area contributed by atoms with Crippen LogP contribution in [0.2, 0.25) is 0 Å². The van der Waals surface area contributed by atoms with Gasteiger partial charge in [0.1, 0.15) is 0 Å². The second-order valence-electron chi connectivity index (χ2n) is 5.16. The number of rotatable bonds is 5. The number of amides is 1. The molecule has 1 aromatic heterocycles. The molecule has 2 aromatic carbocycles. The molecule has 1 amide bonds. The minimum atomic E-state index is -2.61. The van der Waals surface area contributed by atoms with Crippen molar-refractivity contribution in [2.45, 2.75) is 6.43 Å². The minimum absolute atomic E-state index is 0.178. The van der Waals surface area contributed by atoms with Crippen LogP contribution in [0.1, 0.15) is 22.3 Å². The largest absolute Gasteiger partial charge is 0.324 e. The van der Waals surface area contributed by atoms with E-state index in [0.717, 1.165) is 5.69 Å². The molecule has 0 saturated carbocycles. The van der Waals surface area contributed by atoms with Gasteiger partial charge in [0.05, 0.1) is 0 Å². The van der Waals surface area contributed by atoms with Crippen molar-refractivity contribution in [3.8, 4) is 0 Å². The molecule has 0 atom stereocenters. The van der Waals surface area contributed by atoms with Crippen molar-refractivity contribution >= 4 is 23.2 Å². The Kier molecular flexibility index (Phi) is 4.94. The molecule has 0 unspecified atom stereocenters. The van der Waals surface area contributed by atoms with Gasteiger partial charge in [-0.1, -0.05) is 12.1 Å². The van der Waals surface area contributed by atoms with Gasteiger partial charge >= 0.3 is 0 Å². The van der Waals surface area contributed by atoms with Gasteiger partial charge in [-0.05, 0) is 42.5 Å². The first kappa shape index (κ1) is 16.5. The summed E-state index contributed by atoms with van der Waals surface area (Å²) in [6.07, 6.45) is 0.632. The van der Waals surface area contributed by atoms with Gasteiger partial charge in [0, 0.05) is 34.9 Å². The summed E-state index contributed by atoms with van der Waals surface area (Å²) < 4.78 is 25.4. The quantitative estimate of drug-likeness (QED) is 0.722. The number of hydrogen-bond acceptors (Lipinski definition) is 4. The summed E-state index contributed by atoms with van der Waals surface area (Å²) in [5.41, 5.74) is 1.30. The monoisotopic (exact) mass is 340 g/mol. The van der Waals surface area contributed by atoms with Gasteiger partial charge in [0.15, 0.2) is 0 Å². The average molecular weight is 340 g/mol. The number of alkyl halides is 2. The Balaban J connectivity index is 1.67. The number of halogens is 2. The highest BCUT2D eigenvalue weighted by Crippen LogP contribution is 2.21. The van der Waals surface area contributed by atoms with E-state index in [1.165, 1.54) is 24.3 Å². The third-order valence-corrected chi connectivity index (χ3v) is 3.37. The molecule has 5 nitrogen and oxygen atoms in total. The molecule has 3 rings (SSSR count). The molecule has 0 radical (unpaired) electrons. The molecule has 0 fully saturated rings. The molecule has 25 heavy (non-hydrogen) atoms. The maximum absolute atomic E-state index is 12.7. The second kappa shape index (κ2) is 7.48. The molecular weight excluding hydrogens is 326 g/mol. The van der Waals surface area contributed by atoms with Gasteiger partial charge in [0.2, 0.25) is 5.95 Å². The van der Waals surface area contributed by atoms with Crippen molar-refractivity contribution in [2.24, 2.45) is 0 Å². The van der Waals surface area contributed by atoms with Gasteiger partial charge in [-0.2, -0.15) is 0 Å². The lowest BCUT2D eigenvalue weighted by Crippen LogP contribution is -2.12. The fourth-order valence-electron chi connectivity index (χ4n) is 2.15. The Labute approximate surface area is 142 Å². The summed E-state index contributed by atoms with van der Waals surface area (Å²) in [6.45, 7) is 0. The zero-order valence-corrected chi connectivity index (χ0v) is 13.0. The zero-order valence-electron chi connectivity index (χ0n) is 13.0. The molecule has 0 aliphatic heterocycles. The van der Waals surface area contributed by atoms with Crippen LogP contribution in [0.5, 0.6) is 0 Å². The van der Waals surface area contributed by atoms with Crippen LogP contribution >= 0.6 is 0 Å². The Morgan fingerprint density at radius 2 is 1.60 bits per heavy atom. The summed E-state index contributed by atoms with van der Waals surface area (Å²) in [5.74, 6) is 0.0118. The van der Waals surface area contributed by atoms with Gasteiger partial charge in [-0.15, -0.1) is 0 Å². The van der Waals surface area contributed by atoms with E-state index in [0.29, 0.717) is 11.6 Å². The maximum atomic E-state index is 12.7. The van der Waals surface area contributed by atoms with Crippen LogP contribution in [0.15, 0.2) is 67.0 Å². The van der Waals surface area contributed by atoms with Gasteiger partial charge < -0.3 is 10.6 Å². The standard InChI is InChI=1S/C18H14F2N4O/c19-16(20)12-3-1-4-13(11-12)17(25)23-14-5-7-15(8-6-14)24-18-21-9-2-10-22-18/h1-11,16H,(H,23,25)(H,21,22,24). The Bertz CT molecular complexity index is 854. The van der Waals surface area contributed by atoms with Crippen LogP contribution in [0, 0.1) is 0 Å². The molecule has 0 saturated heterocycles. The molecule has 126 valence electrons. The smallest absolute Gasteiger partial charge is 0.263 e. The molecule has 7 heteroatoms. The number of nitrogens with one attached hydrogen (secondary N) is 2. The highest BCUT2D eigenvalue weighted by molar-refractivity contribution is 6.04. The lowest BCUT2D eigenvalue weighted by Gasteiger charge is -2.08. The number of aromatic nitrogens is 2. The third kappa shape index (κ3) is 4.35.